The zero-order valence-corrected chi connectivity index (χ0v) is 5.88. The highest BCUT2D eigenvalue weighted by Crippen LogP contribution is 2.14. The minimum Gasteiger partial charge on any atom is -0.388 e. The standard InChI is InChI=1S/C6H11O5/c7-1-4-6(10)5(9)3(8)2-11-4/h3-6,8-10H,1-2H2/t3-,4+,5+,6+/m0/s1. The third-order valence-corrected chi connectivity index (χ3v) is 1.77. The number of ether oxygens (including phenoxy) is 1. The van der Waals surface area contributed by atoms with Crippen LogP contribution in [0.1, 0.15) is 0 Å². The van der Waals surface area contributed by atoms with Crippen LogP contribution in [0.3, 0.4) is 0 Å². The molecule has 65 valence electrons. The van der Waals surface area contributed by atoms with Crippen LogP contribution >= 0.6 is 0 Å². The molecule has 0 bridgehead atoms. The molecule has 0 amide bonds. The van der Waals surface area contributed by atoms with Gasteiger partial charge in [0.2, 0.25) is 0 Å². The quantitative estimate of drug-likeness (QED) is 0.413. The summed E-state index contributed by atoms with van der Waals surface area (Å²) in [6.45, 7) is -0.698. The molecule has 1 radical (unpaired) electrons. The first-order valence-electron chi connectivity index (χ1n) is 3.40. The van der Waals surface area contributed by atoms with E-state index < -0.39 is 31.0 Å². The van der Waals surface area contributed by atoms with Crippen molar-refractivity contribution in [1.82, 2.24) is 0 Å². The summed E-state index contributed by atoms with van der Waals surface area (Å²) in [5.41, 5.74) is 0. The van der Waals surface area contributed by atoms with Crippen molar-refractivity contribution in [1.29, 1.82) is 0 Å². The lowest BCUT2D eigenvalue weighted by Crippen LogP contribution is -2.53. The molecule has 5 heteroatoms. The molecule has 0 spiro atoms. The van der Waals surface area contributed by atoms with Crippen LogP contribution in [0.25, 0.3) is 0 Å². The van der Waals surface area contributed by atoms with Crippen LogP contribution in [-0.2, 0) is 9.84 Å². The highest BCUT2D eigenvalue weighted by Gasteiger charge is 2.37. The predicted molar refractivity (Wildman–Crippen MR) is 33.3 cm³/mol. The Morgan fingerprint density at radius 2 is 1.91 bits per heavy atom. The lowest BCUT2D eigenvalue weighted by atomic mass is 10.0. The molecule has 1 fully saturated rings. The molecule has 0 aromatic heterocycles. The minimum absolute atomic E-state index is 0.0921. The van der Waals surface area contributed by atoms with Gasteiger partial charge in [0.15, 0.2) is 0 Å². The summed E-state index contributed by atoms with van der Waals surface area (Å²) < 4.78 is 4.75. The summed E-state index contributed by atoms with van der Waals surface area (Å²) in [7, 11) is 0. The molecule has 0 saturated carbocycles. The summed E-state index contributed by atoms with van der Waals surface area (Å²) in [5.74, 6) is 0. The van der Waals surface area contributed by atoms with Crippen molar-refractivity contribution in [3.8, 4) is 0 Å². The van der Waals surface area contributed by atoms with Crippen molar-refractivity contribution in [3.05, 3.63) is 0 Å². The Balaban J connectivity index is 2.52. The van der Waals surface area contributed by atoms with Gasteiger partial charge in [0.05, 0.1) is 6.61 Å². The average Bonchev–Trinajstić information content (AvgIpc) is 2.01. The van der Waals surface area contributed by atoms with E-state index in [1.807, 2.05) is 0 Å². The monoisotopic (exact) mass is 163 g/mol. The average molecular weight is 163 g/mol. The fraction of sp³-hybridized carbons (Fsp3) is 1.00. The maximum absolute atomic E-state index is 10.3. The number of aliphatic hydroxyl groups is 3. The first-order valence-corrected chi connectivity index (χ1v) is 3.40. The van der Waals surface area contributed by atoms with Crippen molar-refractivity contribution < 1.29 is 25.2 Å². The van der Waals surface area contributed by atoms with Crippen molar-refractivity contribution in [2.75, 3.05) is 13.2 Å². The first kappa shape index (κ1) is 8.89. The topological polar surface area (TPSA) is 89.8 Å². The Kier molecular flexibility index (Phi) is 2.80. The molecule has 0 aromatic rings. The summed E-state index contributed by atoms with van der Waals surface area (Å²) in [4.78, 5) is 0. The van der Waals surface area contributed by atoms with Crippen LogP contribution in [0.15, 0.2) is 0 Å². The summed E-state index contributed by atoms with van der Waals surface area (Å²) in [6.07, 6.45) is -4.51. The predicted octanol–water partition coefficient (Wildman–Crippen LogP) is -2.10. The van der Waals surface area contributed by atoms with Gasteiger partial charge in [-0.2, -0.15) is 0 Å². The van der Waals surface area contributed by atoms with Crippen LogP contribution in [0.2, 0.25) is 0 Å². The highest BCUT2D eigenvalue weighted by molar-refractivity contribution is 4.85. The van der Waals surface area contributed by atoms with Gasteiger partial charge >= 0.3 is 0 Å². The molecule has 0 unspecified atom stereocenters. The lowest BCUT2D eigenvalue weighted by molar-refractivity contribution is -0.199. The fourth-order valence-electron chi connectivity index (χ4n) is 1.01. The third kappa shape index (κ3) is 1.69. The van der Waals surface area contributed by atoms with Crippen molar-refractivity contribution >= 4 is 0 Å². The van der Waals surface area contributed by atoms with E-state index >= 15 is 0 Å². The molecule has 1 heterocycles. The van der Waals surface area contributed by atoms with Gasteiger partial charge in [-0.05, 0) is 0 Å². The molecule has 0 aliphatic carbocycles. The van der Waals surface area contributed by atoms with E-state index in [4.69, 9.17) is 20.1 Å². The van der Waals surface area contributed by atoms with E-state index in [1.165, 1.54) is 0 Å². The van der Waals surface area contributed by atoms with Crippen molar-refractivity contribution in [2.24, 2.45) is 0 Å². The SMILES string of the molecule is [O]C[C@H]1OC[C@H](O)[C@@H](O)[C@@H]1O. The zero-order chi connectivity index (χ0) is 8.43. The van der Waals surface area contributed by atoms with E-state index in [-0.39, 0.29) is 6.61 Å². The summed E-state index contributed by atoms with van der Waals surface area (Å²) >= 11 is 0. The molecule has 5 nitrogen and oxygen atoms in total. The molecule has 1 rings (SSSR count). The van der Waals surface area contributed by atoms with Gasteiger partial charge in [-0.1, -0.05) is 0 Å². The van der Waals surface area contributed by atoms with Crippen molar-refractivity contribution in [2.45, 2.75) is 24.4 Å². The molecule has 1 saturated heterocycles. The van der Waals surface area contributed by atoms with Gasteiger partial charge in [-0.3, -0.25) is 0 Å². The van der Waals surface area contributed by atoms with E-state index in [2.05, 4.69) is 0 Å². The highest BCUT2D eigenvalue weighted by atomic mass is 16.5. The van der Waals surface area contributed by atoms with Crippen LogP contribution in [0, 0.1) is 0 Å². The van der Waals surface area contributed by atoms with Gasteiger partial charge in [-0.15, -0.1) is 0 Å². The van der Waals surface area contributed by atoms with E-state index in [0.717, 1.165) is 0 Å². The zero-order valence-electron chi connectivity index (χ0n) is 5.88. The van der Waals surface area contributed by atoms with E-state index in [1.54, 1.807) is 0 Å². The second-order valence-electron chi connectivity index (χ2n) is 2.59. The summed E-state index contributed by atoms with van der Waals surface area (Å²) in [5, 5.41) is 37.3. The number of rotatable bonds is 1. The molecular formula is C6H11O5. The Morgan fingerprint density at radius 1 is 1.27 bits per heavy atom. The third-order valence-electron chi connectivity index (χ3n) is 1.77. The van der Waals surface area contributed by atoms with Crippen LogP contribution in [0.4, 0.5) is 0 Å². The molecule has 3 N–H and O–H groups in total. The lowest BCUT2D eigenvalue weighted by Gasteiger charge is -2.33. The molecule has 11 heavy (non-hydrogen) atoms. The number of aliphatic hydroxyl groups excluding tert-OH is 3. The van der Waals surface area contributed by atoms with Gasteiger partial charge in [0.25, 0.3) is 0 Å². The Labute approximate surface area is 63.8 Å². The normalized spacial score (nSPS) is 45.8. The maximum atomic E-state index is 10.3. The molecule has 1 aliphatic heterocycles. The second kappa shape index (κ2) is 3.46. The van der Waals surface area contributed by atoms with Gasteiger partial charge in [0.1, 0.15) is 31.0 Å². The molecule has 0 aromatic carbocycles. The maximum Gasteiger partial charge on any atom is 0.113 e. The molecule has 4 atom stereocenters. The molecule has 1 aliphatic rings. The van der Waals surface area contributed by atoms with Crippen LogP contribution in [-0.4, -0.2) is 52.9 Å². The number of hydrogen-bond donors (Lipinski definition) is 3. The Hall–Kier alpha value is -0.200. The largest absolute Gasteiger partial charge is 0.388 e. The van der Waals surface area contributed by atoms with Crippen molar-refractivity contribution in [3.63, 3.8) is 0 Å². The van der Waals surface area contributed by atoms with E-state index in [9.17, 15) is 5.11 Å². The summed E-state index contributed by atoms with van der Waals surface area (Å²) in [6, 6.07) is 0. The number of hydrogen-bond acceptors (Lipinski definition) is 4. The van der Waals surface area contributed by atoms with Gasteiger partial charge in [0, 0.05) is 0 Å². The Bertz CT molecular complexity index is 126. The second-order valence-corrected chi connectivity index (χ2v) is 2.59. The van der Waals surface area contributed by atoms with Gasteiger partial charge < -0.3 is 20.1 Å². The van der Waals surface area contributed by atoms with Crippen LogP contribution < -0.4 is 0 Å². The fourth-order valence-corrected chi connectivity index (χ4v) is 1.01. The molecular weight excluding hydrogens is 152 g/mol. The first-order chi connectivity index (χ1) is 5.16. The smallest absolute Gasteiger partial charge is 0.113 e. The van der Waals surface area contributed by atoms with E-state index in [0.29, 0.717) is 0 Å². The Morgan fingerprint density at radius 3 is 2.45 bits per heavy atom. The van der Waals surface area contributed by atoms with Gasteiger partial charge in [-0.25, -0.2) is 5.11 Å². The minimum atomic E-state index is -1.27. The van der Waals surface area contributed by atoms with Crippen LogP contribution in [0.5, 0.6) is 0 Å².